The lowest BCUT2D eigenvalue weighted by Gasteiger charge is -2.23. The average Bonchev–Trinajstić information content (AvgIpc) is 3.22. The van der Waals surface area contributed by atoms with Crippen molar-refractivity contribution in [1.29, 1.82) is 0 Å². The zero-order valence-electron chi connectivity index (χ0n) is 13.2. The van der Waals surface area contributed by atoms with E-state index < -0.39 is 0 Å². The molecular formula is C19H23ClN2O. The molecule has 2 N–H and O–H groups in total. The Morgan fingerprint density at radius 2 is 1.96 bits per heavy atom. The van der Waals surface area contributed by atoms with Crippen LogP contribution in [0.2, 0.25) is 0 Å². The van der Waals surface area contributed by atoms with E-state index in [2.05, 4.69) is 42.5 Å². The molecule has 2 aromatic rings. The van der Waals surface area contributed by atoms with Gasteiger partial charge in [0.25, 0.3) is 0 Å². The number of nitrogens with two attached hydrogens (primary N) is 1. The highest BCUT2D eigenvalue weighted by molar-refractivity contribution is 5.86. The SMILES string of the molecule is Cl.NCC1CCCN1C(=O)C1CC1c1ccc2ccccc2c1. The van der Waals surface area contributed by atoms with E-state index in [0.717, 1.165) is 25.8 Å². The van der Waals surface area contributed by atoms with Gasteiger partial charge in [0.15, 0.2) is 0 Å². The molecular weight excluding hydrogens is 308 g/mol. The van der Waals surface area contributed by atoms with Crippen LogP contribution >= 0.6 is 12.4 Å². The number of hydrogen-bond donors (Lipinski definition) is 1. The predicted octanol–water partition coefficient (Wildman–Crippen LogP) is 3.31. The molecule has 3 nitrogen and oxygen atoms in total. The highest BCUT2D eigenvalue weighted by Gasteiger charge is 2.47. The van der Waals surface area contributed by atoms with Gasteiger partial charge in [0.05, 0.1) is 0 Å². The third kappa shape index (κ3) is 2.96. The highest BCUT2D eigenvalue weighted by atomic mass is 35.5. The van der Waals surface area contributed by atoms with Gasteiger partial charge in [0.2, 0.25) is 5.91 Å². The molecule has 1 saturated heterocycles. The van der Waals surface area contributed by atoms with Crippen molar-refractivity contribution in [3.05, 3.63) is 48.0 Å². The summed E-state index contributed by atoms with van der Waals surface area (Å²) < 4.78 is 0. The molecule has 3 atom stereocenters. The predicted molar refractivity (Wildman–Crippen MR) is 95.8 cm³/mol. The second-order valence-corrected chi connectivity index (χ2v) is 6.62. The molecule has 1 aliphatic carbocycles. The Morgan fingerprint density at radius 3 is 2.74 bits per heavy atom. The maximum absolute atomic E-state index is 12.7. The lowest BCUT2D eigenvalue weighted by atomic mass is 10.0. The third-order valence-electron chi connectivity index (χ3n) is 5.24. The summed E-state index contributed by atoms with van der Waals surface area (Å²) in [4.78, 5) is 14.7. The maximum atomic E-state index is 12.7. The molecule has 1 aliphatic heterocycles. The van der Waals surface area contributed by atoms with E-state index >= 15 is 0 Å². The van der Waals surface area contributed by atoms with Crippen LogP contribution in [0.5, 0.6) is 0 Å². The Kier molecular flexibility index (Phi) is 4.60. The van der Waals surface area contributed by atoms with Gasteiger partial charge in [-0.1, -0.05) is 42.5 Å². The van der Waals surface area contributed by atoms with Gasteiger partial charge in [-0.15, -0.1) is 12.4 Å². The van der Waals surface area contributed by atoms with E-state index in [-0.39, 0.29) is 24.4 Å². The van der Waals surface area contributed by atoms with E-state index in [4.69, 9.17) is 5.73 Å². The molecule has 1 heterocycles. The summed E-state index contributed by atoms with van der Waals surface area (Å²) >= 11 is 0. The van der Waals surface area contributed by atoms with Crippen LogP contribution < -0.4 is 5.73 Å². The molecule has 0 radical (unpaired) electrons. The van der Waals surface area contributed by atoms with E-state index in [9.17, 15) is 4.79 Å². The molecule has 1 amide bonds. The third-order valence-corrected chi connectivity index (χ3v) is 5.24. The van der Waals surface area contributed by atoms with Crippen molar-refractivity contribution < 1.29 is 4.79 Å². The van der Waals surface area contributed by atoms with Crippen LogP contribution in [0.25, 0.3) is 10.8 Å². The van der Waals surface area contributed by atoms with Crippen molar-refractivity contribution in [2.75, 3.05) is 13.1 Å². The van der Waals surface area contributed by atoms with Gasteiger partial charge < -0.3 is 10.6 Å². The number of nitrogens with zero attached hydrogens (tertiary/aromatic N) is 1. The van der Waals surface area contributed by atoms with Gasteiger partial charge in [0, 0.05) is 25.0 Å². The van der Waals surface area contributed by atoms with Crippen molar-refractivity contribution in [3.63, 3.8) is 0 Å². The van der Waals surface area contributed by atoms with Crippen LogP contribution in [0.1, 0.15) is 30.7 Å². The van der Waals surface area contributed by atoms with Crippen LogP contribution in [0, 0.1) is 5.92 Å². The quantitative estimate of drug-likeness (QED) is 0.938. The summed E-state index contributed by atoms with van der Waals surface area (Å²) in [6.07, 6.45) is 3.15. The normalized spacial score (nSPS) is 26.1. The molecule has 2 fully saturated rings. The van der Waals surface area contributed by atoms with Gasteiger partial charge in [-0.2, -0.15) is 0 Å². The number of fused-ring (bicyclic) bond motifs is 1. The molecule has 0 bridgehead atoms. The summed E-state index contributed by atoms with van der Waals surface area (Å²) in [7, 11) is 0. The average molecular weight is 331 g/mol. The Bertz CT molecular complexity index is 717. The fourth-order valence-electron chi connectivity index (χ4n) is 3.86. The van der Waals surface area contributed by atoms with Crippen LogP contribution in [0.4, 0.5) is 0 Å². The maximum Gasteiger partial charge on any atom is 0.226 e. The molecule has 0 spiro atoms. The zero-order valence-corrected chi connectivity index (χ0v) is 14.0. The summed E-state index contributed by atoms with van der Waals surface area (Å²) in [5, 5.41) is 2.52. The van der Waals surface area contributed by atoms with E-state index in [0.29, 0.717) is 18.4 Å². The summed E-state index contributed by atoms with van der Waals surface area (Å²) in [6.45, 7) is 1.49. The first-order valence-electron chi connectivity index (χ1n) is 8.27. The fraction of sp³-hybridized carbons (Fsp3) is 0.421. The van der Waals surface area contributed by atoms with E-state index in [1.54, 1.807) is 0 Å². The second-order valence-electron chi connectivity index (χ2n) is 6.62. The van der Waals surface area contributed by atoms with Crippen LogP contribution in [0.3, 0.4) is 0 Å². The Hall–Kier alpha value is -1.58. The number of amides is 1. The van der Waals surface area contributed by atoms with Gasteiger partial charge in [-0.05, 0) is 41.5 Å². The van der Waals surface area contributed by atoms with Crippen LogP contribution in [-0.2, 0) is 4.79 Å². The smallest absolute Gasteiger partial charge is 0.226 e. The number of carbonyl (C=O) groups excluding carboxylic acids is 1. The standard InChI is InChI=1S/C19H22N2O.ClH/c20-12-16-6-3-9-21(16)19(22)18-11-17(18)15-8-7-13-4-1-2-5-14(13)10-15;/h1-2,4-5,7-8,10,16-18H,3,6,9,11-12,20H2;1H. The Labute approximate surface area is 143 Å². The lowest BCUT2D eigenvalue weighted by Crippen LogP contribution is -2.40. The largest absolute Gasteiger partial charge is 0.338 e. The van der Waals surface area contributed by atoms with Crippen molar-refractivity contribution in [2.24, 2.45) is 11.7 Å². The summed E-state index contributed by atoms with van der Waals surface area (Å²) in [6, 6.07) is 15.3. The van der Waals surface area contributed by atoms with Gasteiger partial charge in [-0.25, -0.2) is 0 Å². The van der Waals surface area contributed by atoms with Crippen molar-refractivity contribution in [3.8, 4) is 0 Å². The molecule has 4 heteroatoms. The van der Waals surface area contributed by atoms with E-state index in [1.807, 2.05) is 4.90 Å². The van der Waals surface area contributed by atoms with Crippen molar-refractivity contribution in [1.82, 2.24) is 4.90 Å². The highest BCUT2D eigenvalue weighted by Crippen LogP contribution is 2.49. The fourth-order valence-corrected chi connectivity index (χ4v) is 3.86. The first kappa shape index (κ1) is 16.3. The molecule has 0 aromatic heterocycles. The molecule has 3 unspecified atom stereocenters. The molecule has 122 valence electrons. The number of hydrogen-bond acceptors (Lipinski definition) is 2. The van der Waals surface area contributed by atoms with Crippen LogP contribution in [0.15, 0.2) is 42.5 Å². The zero-order chi connectivity index (χ0) is 15.1. The number of halogens is 1. The topological polar surface area (TPSA) is 46.3 Å². The van der Waals surface area contributed by atoms with Gasteiger partial charge in [-0.3, -0.25) is 4.79 Å². The molecule has 23 heavy (non-hydrogen) atoms. The number of rotatable bonds is 3. The number of carbonyl (C=O) groups is 1. The molecule has 2 aromatic carbocycles. The summed E-state index contributed by atoms with van der Waals surface area (Å²) in [5.41, 5.74) is 7.10. The molecule has 2 aliphatic rings. The Balaban J connectivity index is 0.00000156. The summed E-state index contributed by atoms with van der Waals surface area (Å²) in [5.74, 6) is 0.899. The Morgan fingerprint density at radius 1 is 1.17 bits per heavy atom. The van der Waals surface area contributed by atoms with Crippen LogP contribution in [-0.4, -0.2) is 29.9 Å². The van der Waals surface area contributed by atoms with Crippen molar-refractivity contribution >= 4 is 29.1 Å². The lowest BCUT2D eigenvalue weighted by molar-refractivity contribution is -0.133. The van der Waals surface area contributed by atoms with E-state index in [1.165, 1.54) is 16.3 Å². The minimum absolute atomic E-state index is 0. The minimum Gasteiger partial charge on any atom is -0.338 e. The van der Waals surface area contributed by atoms with Gasteiger partial charge in [0.1, 0.15) is 0 Å². The molecule has 1 saturated carbocycles. The first-order valence-corrected chi connectivity index (χ1v) is 8.27. The number of likely N-dealkylation sites (tertiary alicyclic amines) is 1. The monoisotopic (exact) mass is 330 g/mol. The van der Waals surface area contributed by atoms with Gasteiger partial charge >= 0.3 is 0 Å². The molecule has 4 rings (SSSR count). The first-order chi connectivity index (χ1) is 10.8. The number of benzene rings is 2. The van der Waals surface area contributed by atoms with Crippen molar-refractivity contribution in [2.45, 2.75) is 31.2 Å². The second kappa shape index (κ2) is 6.50. The minimum atomic E-state index is 0.